The normalized spacial score (nSPS) is 12.4. The molecule has 1 atom stereocenters. The molecule has 0 aliphatic rings. The molecule has 0 spiro atoms. The first kappa shape index (κ1) is 25.7. The van der Waals surface area contributed by atoms with Gasteiger partial charge in [-0.3, -0.25) is 0 Å². The Balaban J connectivity index is 3.04. The Hall–Kier alpha value is -0.340. The third-order valence-electron chi connectivity index (χ3n) is 4.99. The Kier molecular flexibility index (Phi) is 22.4. The van der Waals surface area contributed by atoms with Crippen molar-refractivity contribution in [1.82, 2.24) is 0 Å². The first-order valence-corrected chi connectivity index (χ1v) is 11.6. The predicted molar refractivity (Wildman–Crippen MR) is 116 cm³/mol. The van der Waals surface area contributed by atoms with Crippen molar-refractivity contribution < 1.29 is 9.47 Å². The van der Waals surface area contributed by atoms with E-state index in [0.717, 1.165) is 6.61 Å². The summed E-state index contributed by atoms with van der Waals surface area (Å²) >= 11 is 0. The highest BCUT2D eigenvalue weighted by Crippen LogP contribution is 2.13. The van der Waals surface area contributed by atoms with Gasteiger partial charge in [0.05, 0.1) is 19.3 Å². The van der Waals surface area contributed by atoms with Crippen molar-refractivity contribution in [2.45, 2.75) is 123 Å². The summed E-state index contributed by atoms with van der Waals surface area (Å²) in [5.41, 5.74) is 0. The van der Waals surface area contributed by atoms with E-state index >= 15 is 0 Å². The van der Waals surface area contributed by atoms with Crippen molar-refractivity contribution >= 4 is 0 Å². The number of unbranched alkanes of at least 4 members (excludes halogenated alkanes) is 15. The largest absolute Gasteiger partial charge is 0.379 e. The number of rotatable bonds is 22. The molecule has 0 N–H and O–H groups in total. The smallest absolute Gasteiger partial charge is 0.0784 e. The van der Waals surface area contributed by atoms with Crippen molar-refractivity contribution in [2.75, 3.05) is 19.8 Å². The molecule has 26 heavy (non-hydrogen) atoms. The van der Waals surface area contributed by atoms with Crippen molar-refractivity contribution in [1.29, 1.82) is 0 Å². The van der Waals surface area contributed by atoms with E-state index in [-0.39, 0.29) is 6.10 Å². The second-order valence-electron chi connectivity index (χ2n) is 7.81. The van der Waals surface area contributed by atoms with E-state index in [0.29, 0.717) is 13.2 Å². The van der Waals surface area contributed by atoms with Gasteiger partial charge in [0, 0.05) is 6.61 Å². The van der Waals surface area contributed by atoms with E-state index in [9.17, 15) is 0 Å². The molecular weight excluding hydrogens is 320 g/mol. The van der Waals surface area contributed by atoms with Gasteiger partial charge in [-0.1, -0.05) is 109 Å². The Morgan fingerprint density at radius 2 is 1.12 bits per heavy atom. The number of hydrogen-bond donors (Lipinski definition) is 0. The van der Waals surface area contributed by atoms with Crippen LogP contribution in [0.25, 0.3) is 0 Å². The average molecular weight is 369 g/mol. The fraction of sp³-hybridized carbons (Fsp3) is 0.917. The third kappa shape index (κ3) is 21.7. The van der Waals surface area contributed by atoms with Gasteiger partial charge in [0.1, 0.15) is 0 Å². The minimum Gasteiger partial charge on any atom is -0.379 e. The molecule has 0 heterocycles. The number of hydrogen-bond acceptors (Lipinski definition) is 2. The fourth-order valence-electron chi connectivity index (χ4n) is 3.28. The van der Waals surface area contributed by atoms with E-state index < -0.39 is 0 Å². The van der Waals surface area contributed by atoms with Crippen molar-refractivity contribution in [2.24, 2.45) is 0 Å². The Labute approximate surface area is 165 Å². The van der Waals surface area contributed by atoms with E-state index in [1.165, 1.54) is 103 Å². The third-order valence-corrected chi connectivity index (χ3v) is 4.99. The van der Waals surface area contributed by atoms with E-state index in [1.54, 1.807) is 6.08 Å². The van der Waals surface area contributed by atoms with E-state index in [2.05, 4.69) is 20.4 Å². The summed E-state index contributed by atoms with van der Waals surface area (Å²) in [6, 6.07) is 0. The highest BCUT2D eigenvalue weighted by molar-refractivity contribution is 4.65. The van der Waals surface area contributed by atoms with Gasteiger partial charge < -0.3 is 9.47 Å². The Bertz CT molecular complexity index is 265. The monoisotopic (exact) mass is 368 g/mol. The SMILES string of the molecule is C=CCO[C@H](C)COCCCCCCCCCCCCCCCCCC. The quantitative estimate of drug-likeness (QED) is 0.143. The zero-order valence-corrected chi connectivity index (χ0v) is 18.1. The molecule has 0 radical (unpaired) electrons. The average Bonchev–Trinajstić information content (AvgIpc) is 2.65. The maximum absolute atomic E-state index is 5.65. The molecule has 0 rings (SSSR count). The Morgan fingerprint density at radius 1 is 0.692 bits per heavy atom. The Morgan fingerprint density at radius 3 is 1.54 bits per heavy atom. The van der Waals surface area contributed by atoms with Gasteiger partial charge in [0.25, 0.3) is 0 Å². The minimum atomic E-state index is 0.175. The van der Waals surface area contributed by atoms with Crippen LogP contribution in [0.15, 0.2) is 12.7 Å². The molecule has 0 aromatic carbocycles. The molecule has 156 valence electrons. The molecular formula is C24H48O2. The topological polar surface area (TPSA) is 18.5 Å². The lowest BCUT2D eigenvalue weighted by Gasteiger charge is -2.11. The maximum Gasteiger partial charge on any atom is 0.0784 e. The lowest BCUT2D eigenvalue weighted by Crippen LogP contribution is -2.16. The molecule has 0 bridgehead atoms. The molecule has 0 saturated heterocycles. The lowest BCUT2D eigenvalue weighted by molar-refractivity contribution is 0.00358. The standard InChI is InChI=1S/C24H48O2/c1-4-6-7-8-9-10-11-12-13-14-15-16-17-18-19-20-22-25-23-24(3)26-21-5-2/h5,24H,2,4,6-23H2,1,3H3/t24-/m1/s1. The highest BCUT2D eigenvalue weighted by Gasteiger charge is 2.00. The predicted octanol–water partition coefficient (Wildman–Crippen LogP) is 7.86. The van der Waals surface area contributed by atoms with Gasteiger partial charge in [-0.05, 0) is 13.3 Å². The van der Waals surface area contributed by atoms with Crippen LogP contribution in [0.3, 0.4) is 0 Å². The molecule has 0 aromatic heterocycles. The second-order valence-corrected chi connectivity index (χ2v) is 7.81. The van der Waals surface area contributed by atoms with Gasteiger partial charge in [0.15, 0.2) is 0 Å². The van der Waals surface area contributed by atoms with E-state index in [4.69, 9.17) is 9.47 Å². The van der Waals surface area contributed by atoms with Crippen molar-refractivity contribution in [3.05, 3.63) is 12.7 Å². The van der Waals surface area contributed by atoms with E-state index in [1.807, 2.05) is 0 Å². The molecule has 2 nitrogen and oxygen atoms in total. The summed E-state index contributed by atoms with van der Waals surface area (Å²) in [5.74, 6) is 0. The van der Waals surface area contributed by atoms with Gasteiger partial charge in [-0.15, -0.1) is 6.58 Å². The minimum absolute atomic E-state index is 0.175. The van der Waals surface area contributed by atoms with Crippen LogP contribution in [0.2, 0.25) is 0 Å². The van der Waals surface area contributed by atoms with Crippen LogP contribution in [-0.2, 0) is 9.47 Å². The van der Waals surface area contributed by atoms with Crippen LogP contribution in [-0.4, -0.2) is 25.9 Å². The van der Waals surface area contributed by atoms with Crippen molar-refractivity contribution in [3.63, 3.8) is 0 Å². The van der Waals surface area contributed by atoms with Gasteiger partial charge >= 0.3 is 0 Å². The van der Waals surface area contributed by atoms with Crippen LogP contribution in [0, 0.1) is 0 Å². The second kappa shape index (κ2) is 22.7. The zero-order chi connectivity index (χ0) is 19.1. The summed E-state index contributed by atoms with van der Waals surface area (Å²) in [6.45, 7) is 10.2. The van der Waals surface area contributed by atoms with Gasteiger partial charge in [0.2, 0.25) is 0 Å². The summed E-state index contributed by atoms with van der Waals surface area (Å²) in [7, 11) is 0. The van der Waals surface area contributed by atoms with Crippen LogP contribution in [0.1, 0.15) is 117 Å². The zero-order valence-electron chi connectivity index (χ0n) is 18.1. The summed E-state index contributed by atoms with van der Waals surface area (Å²) < 4.78 is 11.1. The molecule has 0 amide bonds. The van der Waals surface area contributed by atoms with Crippen LogP contribution in [0.4, 0.5) is 0 Å². The van der Waals surface area contributed by atoms with Crippen LogP contribution >= 0.6 is 0 Å². The molecule has 0 aromatic rings. The highest BCUT2D eigenvalue weighted by atomic mass is 16.5. The van der Waals surface area contributed by atoms with Crippen LogP contribution in [0.5, 0.6) is 0 Å². The molecule has 2 heteroatoms. The van der Waals surface area contributed by atoms with Crippen molar-refractivity contribution in [3.8, 4) is 0 Å². The van der Waals surface area contributed by atoms with Gasteiger partial charge in [-0.25, -0.2) is 0 Å². The molecule has 0 unspecified atom stereocenters. The molecule has 0 aliphatic heterocycles. The molecule has 0 saturated carbocycles. The van der Waals surface area contributed by atoms with Crippen LogP contribution < -0.4 is 0 Å². The summed E-state index contributed by atoms with van der Waals surface area (Å²) in [5, 5.41) is 0. The first-order valence-electron chi connectivity index (χ1n) is 11.6. The first-order chi connectivity index (χ1) is 12.8. The van der Waals surface area contributed by atoms with Gasteiger partial charge in [-0.2, -0.15) is 0 Å². The summed E-state index contributed by atoms with van der Waals surface area (Å²) in [4.78, 5) is 0. The maximum atomic E-state index is 5.65. The summed E-state index contributed by atoms with van der Waals surface area (Å²) in [6.07, 6.45) is 24.5. The number of ether oxygens (including phenoxy) is 2. The fourth-order valence-corrected chi connectivity index (χ4v) is 3.28. The lowest BCUT2D eigenvalue weighted by atomic mass is 10.0. The molecule has 0 fully saturated rings. The molecule has 0 aliphatic carbocycles.